The summed E-state index contributed by atoms with van der Waals surface area (Å²) >= 11 is 5.13. The van der Waals surface area contributed by atoms with Crippen molar-refractivity contribution in [2.24, 2.45) is 0 Å². The molecule has 2 aromatic rings. The number of carbonyl (C=O) groups is 1. The molecule has 0 saturated heterocycles. The molecule has 1 amide bonds. The average molecular weight is 267 g/mol. The summed E-state index contributed by atoms with van der Waals surface area (Å²) in [5.74, 6) is -0.475. The Hall–Kier alpha value is -1.69. The van der Waals surface area contributed by atoms with Crippen LogP contribution in [-0.4, -0.2) is 22.0 Å². The number of benzene rings is 1. The van der Waals surface area contributed by atoms with Crippen molar-refractivity contribution in [1.82, 2.24) is 14.9 Å². The van der Waals surface area contributed by atoms with E-state index >= 15 is 0 Å². The number of imidazole rings is 1. The van der Waals surface area contributed by atoms with Crippen molar-refractivity contribution < 1.29 is 9.18 Å². The molecule has 0 aliphatic carbocycles. The highest BCUT2D eigenvalue weighted by atomic mass is 32.1. The van der Waals surface area contributed by atoms with E-state index in [9.17, 15) is 9.18 Å². The molecule has 1 aromatic heterocycles. The maximum atomic E-state index is 13.2. The van der Waals surface area contributed by atoms with Crippen LogP contribution in [0.4, 0.5) is 4.39 Å². The first kappa shape index (κ1) is 12.8. The van der Waals surface area contributed by atoms with Crippen molar-refractivity contribution in [2.45, 2.75) is 19.9 Å². The number of hydrogen-bond acceptors (Lipinski definition) is 2. The summed E-state index contributed by atoms with van der Waals surface area (Å²) in [7, 11) is 0. The van der Waals surface area contributed by atoms with Crippen LogP contribution < -0.4 is 5.32 Å². The van der Waals surface area contributed by atoms with Gasteiger partial charge in [-0.15, -0.1) is 0 Å². The summed E-state index contributed by atoms with van der Waals surface area (Å²) in [5, 5.41) is 2.76. The van der Waals surface area contributed by atoms with Crippen molar-refractivity contribution in [3.63, 3.8) is 0 Å². The summed E-state index contributed by atoms with van der Waals surface area (Å²) in [6.07, 6.45) is 0.875. The number of halogens is 1. The number of fused-ring (bicyclic) bond motifs is 1. The molecular weight excluding hydrogens is 253 g/mol. The SMILES string of the molecule is CCCNC(=O)Cn1c(=S)[nH]c2ccc(F)cc21. The van der Waals surface area contributed by atoms with Gasteiger partial charge in [0, 0.05) is 6.54 Å². The summed E-state index contributed by atoms with van der Waals surface area (Å²) in [5.41, 5.74) is 1.33. The molecule has 0 unspecified atom stereocenters. The zero-order valence-electron chi connectivity index (χ0n) is 10.00. The third-order valence-corrected chi connectivity index (χ3v) is 2.93. The number of carbonyl (C=O) groups excluding carboxylic acids is 1. The van der Waals surface area contributed by atoms with Gasteiger partial charge in [0.1, 0.15) is 12.4 Å². The Morgan fingerprint density at radius 2 is 2.33 bits per heavy atom. The zero-order valence-corrected chi connectivity index (χ0v) is 10.8. The highest BCUT2D eigenvalue weighted by Gasteiger charge is 2.09. The molecular formula is C12H14FN3OS. The van der Waals surface area contributed by atoms with Crippen LogP contribution >= 0.6 is 12.2 Å². The molecule has 2 N–H and O–H groups in total. The Labute approximate surface area is 109 Å². The van der Waals surface area contributed by atoms with E-state index in [4.69, 9.17) is 12.2 Å². The minimum Gasteiger partial charge on any atom is -0.355 e. The number of nitrogens with zero attached hydrogens (tertiary/aromatic N) is 1. The lowest BCUT2D eigenvalue weighted by Gasteiger charge is -2.05. The van der Waals surface area contributed by atoms with E-state index in [1.165, 1.54) is 12.1 Å². The van der Waals surface area contributed by atoms with Gasteiger partial charge in [-0.1, -0.05) is 6.92 Å². The molecule has 1 aromatic carbocycles. The van der Waals surface area contributed by atoms with Crippen molar-refractivity contribution in [1.29, 1.82) is 0 Å². The van der Waals surface area contributed by atoms with Crippen LogP contribution in [0, 0.1) is 10.6 Å². The average Bonchev–Trinajstić information content (AvgIpc) is 2.63. The van der Waals surface area contributed by atoms with E-state index in [1.807, 2.05) is 6.92 Å². The molecule has 0 bridgehead atoms. The molecule has 6 heteroatoms. The fourth-order valence-electron chi connectivity index (χ4n) is 1.75. The summed E-state index contributed by atoms with van der Waals surface area (Å²) in [6, 6.07) is 4.34. The second-order valence-corrected chi connectivity index (χ2v) is 4.41. The van der Waals surface area contributed by atoms with Crippen molar-refractivity contribution in [2.75, 3.05) is 6.54 Å². The van der Waals surface area contributed by atoms with Crippen LogP contribution in [0.25, 0.3) is 11.0 Å². The van der Waals surface area contributed by atoms with E-state index in [0.29, 0.717) is 16.8 Å². The lowest BCUT2D eigenvalue weighted by atomic mass is 10.3. The van der Waals surface area contributed by atoms with E-state index in [0.717, 1.165) is 11.9 Å². The fourth-order valence-corrected chi connectivity index (χ4v) is 2.02. The van der Waals surface area contributed by atoms with Crippen molar-refractivity contribution in [3.8, 4) is 0 Å². The lowest BCUT2D eigenvalue weighted by Crippen LogP contribution is -2.28. The van der Waals surface area contributed by atoms with Gasteiger partial charge in [0.2, 0.25) is 5.91 Å². The second-order valence-electron chi connectivity index (χ2n) is 4.03. The first-order valence-corrected chi connectivity index (χ1v) is 6.17. The molecule has 0 aliphatic rings. The van der Waals surface area contributed by atoms with Crippen molar-refractivity contribution >= 4 is 29.2 Å². The van der Waals surface area contributed by atoms with Crippen LogP contribution in [0.15, 0.2) is 18.2 Å². The monoisotopic (exact) mass is 267 g/mol. The van der Waals surface area contributed by atoms with Crippen LogP contribution in [-0.2, 0) is 11.3 Å². The number of rotatable bonds is 4. The Kier molecular flexibility index (Phi) is 3.76. The van der Waals surface area contributed by atoms with Gasteiger partial charge in [-0.3, -0.25) is 4.79 Å². The highest BCUT2D eigenvalue weighted by molar-refractivity contribution is 7.71. The van der Waals surface area contributed by atoms with E-state index in [-0.39, 0.29) is 18.3 Å². The van der Waals surface area contributed by atoms with Gasteiger partial charge in [-0.25, -0.2) is 4.39 Å². The van der Waals surface area contributed by atoms with E-state index in [2.05, 4.69) is 10.3 Å². The topological polar surface area (TPSA) is 49.8 Å². The van der Waals surface area contributed by atoms with Gasteiger partial charge in [0.15, 0.2) is 4.77 Å². The molecule has 0 radical (unpaired) electrons. The number of aromatic amines is 1. The maximum absolute atomic E-state index is 13.2. The van der Waals surface area contributed by atoms with Crippen LogP contribution in [0.1, 0.15) is 13.3 Å². The first-order chi connectivity index (χ1) is 8.61. The smallest absolute Gasteiger partial charge is 0.240 e. The second kappa shape index (κ2) is 5.30. The van der Waals surface area contributed by atoms with Gasteiger partial charge < -0.3 is 14.9 Å². The molecule has 0 saturated carbocycles. The molecule has 96 valence electrons. The number of amides is 1. The summed E-state index contributed by atoms with van der Waals surface area (Å²) in [4.78, 5) is 14.6. The number of nitrogens with one attached hydrogen (secondary N) is 2. The highest BCUT2D eigenvalue weighted by Crippen LogP contribution is 2.15. The van der Waals surface area contributed by atoms with Gasteiger partial charge >= 0.3 is 0 Å². The van der Waals surface area contributed by atoms with E-state index in [1.54, 1.807) is 10.6 Å². The largest absolute Gasteiger partial charge is 0.355 e. The quantitative estimate of drug-likeness (QED) is 0.836. The van der Waals surface area contributed by atoms with Crippen molar-refractivity contribution in [3.05, 3.63) is 28.8 Å². The number of hydrogen-bond donors (Lipinski definition) is 2. The predicted octanol–water partition coefficient (Wildman–Crippen LogP) is 2.36. The normalized spacial score (nSPS) is 10.8. The lowest BCUT2D eigenvalue weighted by molar-refractivity contribution is -0.121. The minimum atomic E-state index is -0.348. The molecule has 0 atom stereocenters. The molecule has 4 nitrogen and oxygen atoms in total. The standard InChI is InChI=1S/C12H14FN3OS/c1-2-5-14-11(17)7-16-10-6-8(13)3-4-9(10)15-12(16)18/h3-4,6H,2,5,7H2,1H3,(H,14,17)(H,15,18). The Morgan fingerprint density at radius 1 is 1.56 bits per heavy atom. The van der Waals surface area contributed by atoms with Gasteiger partial charge in [0.25, 0.3) is 0 Å². The Balaban J connectivity index is 2.32. The number of aromatic nitrogens is 2. The molecule has 18 heavy (non-hydrogen) atoms. The van der Waals surface area contributed by atoms with Gasteiger partial charge in [-0.2, -0.15) is 0 Å². The molecule has 0 spiro atoms. The fraction of sp³-hybridized carbons (Fsp3) is 0.333. The van der Waals surface area contributed by atoms with Crippen LogP contribution in [0.3, 0.4) is 0 Å². The maximum Gasteiger partial charge on any atom is 0.240 e. The third-order valence-electron chi connectivity index (χ3n) is 2.61. The van der Waals surface area contributed by atoms with Gasteiger partial charge in [-0.05, 0) is 36.8 Å². The third kappa shape index (κ3) is 2.59. The Bertz CT molecular complexity index is 632. The summed E-state index contributed by atoms with van der Waals surface area (Å²) < 4.78 is 15.2. The molecule has 0 fully saturated rings. The number of H-pyrrole nitrogens is 1. The van der Waals surface area contributed by atoms with Crippen LogP contribution in [0.2, 0.25) is 0 Å². The molecule has 2 rings (SSSR count). The molecule has 0 aliphatic heterocycles. The first-order valence-electron chi connectivity index (χ1n) is 5.76. The van der Waals surface area contributed by atoms with Gasteiger partial charge in [0.05, 0.1) is 11.0 Å². The zero-order chi connectivity index (χ0) is 13.1. The summed E-state index contributed by atoms with van der Waals surface area (Å²) in [6.45, 7) is 2.71. The minimum absolute atomic E-state index is 0.0995. The Morgan fingerprint density at radius 3 is 3.06 bits per heavy atom. The predicted molar refractivity (Wildman–Crippen MR) is 70.4 cm³/mol. The van der Waals surface area contributed by atoms with Crippen LogP contribution in [0.5, 0.6) is 0 Å². The molecule has 1 heterocycles. The van der Waals surface area contributed by atoms with E-state index < -0.39 is 0 Å².